The van der Waals surface area contributed by atoms with Gasteiger partial charge in [-0.1, -0.05) is 72.5 Å². The Morgan fingerprint density at radius 1 is 0.972 bits per heavy atom. The standard InChI is InChI=1S/C29H25N3O2S2/c1-2-34-25-15-13-22(14-16-25)27-23(20-32(30-27)24-11-7-4-8-12-24)19-26-28(33)31(29(35)36-26)18-17-21-9-5-3-6-10-21/h3-16,19-20H,2,17-18H2,1H3/b26-19-. The molecule has 1 saturated heterocycles. The molecule has 180 valence electrons. The molecule has 36 heavy (non-hydrogen) atoms. The quantitative estimate of drug-likeness (QED) is 0.203. The van der Waals surface area contributed by atoms with Crippen LogP contribution in [0.15, 0.2) is 96.0 Å². The molecule has 4 aromatic rings. The summed E-state index contributed by atoms with van der Waals surface area (Å²) in [5, 5.41) is 4.87. The normalized spacial score (nSPS) is 14.6. The first-order valence-corrected chi connectivity index (χ1v) is 13.0. The van der Waals surface area contributed by atoms with E-state index in [1.165, 1.54) is 17.3 Å². The molecule has 7 heteroatoms. The molecule has 0 radical (unpaired) electrons. The monoisotopic (exact) mass is 511 g/mol. The van der Waals surface area contributed by atoms with E-state index in [1.54, 1.807) is 4.90 Å². The van der Waals surface area contributed by atoms with E-state index in [-0.39, 0.29) is 5.91 Å². The minimum absolute atomic E-state index is 0.0639. The smallest absolute Gasteiger partial charge is 0.266 e. The van der Waals surface area contributed by atoms with Gasteiger partial charge in [-0.25, -0.2) is 4.68 Å². The predicted octanol–water partition coefficient (Wildman–Crippen LogP) is 6.38. The fourth-order valence-corrected chi connectivity index (χ4v) is 5.32. The van der Waals surface area contributed by atoms with Gasteiger partial charge < -0.3 is 4.74 Å². The first-order chi connectivity index (χ1) is 17.6. The van der Waals surface area contributed by atoms with Gasteiger partial charge in [0.25, 0.3) is 5.91 Å². The van der Waals surface area contributed by atoms with Crippen LogP contribution >= 0.6 is 24.0 Å². The Morgan fingerprint density at radius 2 is 1.67 bits per heavy atom. The third-order valence-electron chi connectivity index (χ3n) is 5.83. The summed E-state index contributed by atoms with van der Waals surface area (Å²) in [6.45, 7) is 3.13. The predicted molar refractivity (Wildman–Crippen MR) is 150 cm³/mol. The molecule has 3 aromatic carbocycles. The number of ether oxygens (including phenoxy) is 1. The van der Waals surface area contributed by atoms with Gasteiger partial charge >= 0.3 is 0 Å². The highest BCUT2D eigenvalue weighted by molar-refractivity contribution is 8.26. The van der Waals surface area contributed by atoms with Crippen molar-refractivity contribution >= 4 is 40.3 Å². The van der Waals surface area contributed by atoms with Crippen LogP contribution in [0, 0.1) is 0 Å². The lowest BCUT2D eigenvalue weighted by molar-refractivity contribution is -0.122. The number of carbonyl (C=O) groups is 1. The highest BCUT2D eigenvalue weighted by Gasteiger charge is 2.32. The molecule has 1 fully saturated rings. The van der Waals surface area contributed by atoms with Crippen molar-refractivity contribution in [3.05, 3.63) is 107 Å². The number of carbonyl (C=O) groups excluding carboxylic acids is 1. The van der Waals surface area contributed by atoms with E-state index >= 15 is 0 Å². The maximum absolute atomic E-state index is 13.3. The summed E-state index contributed by atoms with van der Waals surface area (Å²) in [6.07, 6.45) is 4.61. The van der Waals surface area contributed by atoms with E-state index in [4.69, 9.17) is 22.1 Å². The van der Waals surface area contributed by atoms with Crippen molar-refractivity contribution in [2.24, 2.45) is 0 Å². The summed E-state index contributed by atoms with van der Waals surface area (Å²) < 4.78 is 8.02. The molecule has 0 aliphatic carbocycles. The van der Waals surface area contributed by atoms with Crippen LogP contribution in [0.3, 0.4) is 0 Å². The maximum Gasteiger partial charge on any atom is 0.266 e. The van der Waals surface area contributed by atoms with Crippen LogP contribution in [-0.4, -0.2) is 38.1 Å². The topological polar surface area (TPSA) is 47.4 Å². The van der Waals surface area contributed by atoms with Gasteiger partial charge in [0, 0.05) is 23.9 Å². The second kappa shape index (κ2) is 10.9. The Labute approximate surface area is 220 Å². The van der Waals surface area contributed by atoms with E-state index in [2.05, 4.69) is 12.1 Å². The Kier molecular flexibility index (Phi) is 7.30. The molecular formula is C29H25N3O2S2. The maximum atomic E-state index is 13.3. The number of amides is 1. The molecule has 5 nitrogen and oxygen atoms in total. The van der Waals surface area contributed by atoms with Crippen molar-refractivity contribution in [2.45, 2.75) is 13.3 Å². The van der Waals surface area contributed by atoms with Crippen LogP contribution in [0.4, 0.5) is 0 Å². The van der Waals surface area contributed by atoms with Crippen LogP contribution in [0.2, 0.25) is 0 Å². The minimum atomic E-state index is -0.0639. The molecule has 0 unspecified atom stereocenters. The van der Waals surface area contributed by atoms with Crippen molar-refractivity contribution in [2.75, 3.05) is 13.2 Å². The summed E-state index contributed by atoms with van der Waals surface area (Å²) in [6, 6.07) is 27.9. The van der Waals surface area contributed by atoms with E-state index in [0.717, 1.165) is 34.7 Å². The highest BCUT2D eigenvalue weighted by atomic mass is 32.2. The lowest BCUT2D eigenvalue weighted by Crippen LogP contribution is -2.30. The SMILES string of the molecule is CCOc1ccc(-c2nn(-c3ccccc3)cc2/C=C2\SC(=S)N(CCc3ccccc3)C2=O)cc1. The molecule has 1 amide bonds. The van der Waals surface area contributed by atoms with Crippen molar-refractivity contribution in [1.82, 2.24) is 14.7 Å². The first-order valence-electron chi connectivity index (χ1n) is 11.8. The lowest BCUT2D eigenvalue weighted by Gasteiger charge is -2.14. The molecule has 0 spiro atoms. The van der Waals surface area contributed by atoms with Crippen molar-refractivity contribution in [3.8, 4) is 22.7 Å². The Balaban J connectivity index is 1.46. The third kappa shape index (κ3) is 5.27. The Hall–Kier alpha value is -3.68. The van der Waals surface area contributed by atoms with Crippen molar-refractivity contribution in [1.29, 1.82) is 0 Å². The lowest BCUT2D eigenvalue weighted by atomic mass is 10.1. The first kappa shape index (κ1) is 24.0. The van der Waals surface area contributed by atoms with E-state index in [9.17, 15) is 4.79 Å². The molecule has 5 rings (SSSR count). The van der Waals surface area contributed by atoms with Crippen molar-refractivity contribution in [3.63, 3.8) is 0 Å². The number of hydrogen-bond acceptors (Lipinski definition) is 5. The number of thioether (sulfide) groups is 1. The van der Waals surface area contributed by atoms with Gasteiger partial charge in [-0.15, -0.1) is 0 Å². The van der Waals surface area contributed by atoms with Crippen LogP contribution in [-0.2, 0) is 11.2 Å². The number of benzene rings is 3. The summed E-state index contributed by atoms with van der Waals surface area (Å²) in [4.78, 5) is 15.6. The molecule has 0 saturated carbocycles. The summed E-state index contributed by atoms with van der Waals surface area (Å²) in [5.41, 5.74) is 4.71. The molecule has 1 aromatic heterocycles. The van der Waals surface area contributed by atoms with Crippen LogP contribution in [0.1, 0.15) is 18.1 Å². The number of thiocarbonyl (C=S) groups is 1. The van der Waals surface area contributed by atoms with Gasteiger partial charge in [0.2, 0.25) is 0 Å². The fourth-order valence-electron chi connectivity index (χ4n) is 4.03. The summed E-state index contributed by atoms with van der Waals surface area (Å²) in [7, 11) is 0. The van der Waals surface area contributed by atoms with Crippen LogP contribution in [0.25, 0.3) is 23.0 Å². The second-order valence-corrected chi connectivity index (χ2v) is 9.92. The molecule has 1 aliphatic heterocycles. The van der Waals surface area contributed by atoms with Crippen molar-refractivity contribution < 1.29 is 9.53 Å². The number of para-hydroxylation sites is 1. The fraction of sp³-hybridized carbons (Fsp3) is 0.138. The molecule has 2 heterocycles. The van der Waals surface area contributed by atoms with E-state index in [1.807, 2.05) is 96.7 Å². The van der Waals surface area contributed by atoms with Gasteiger partial charge in [0.15, 0.2) is 0 Å². The Bertz CT molecular complexity index is 1400. The molecule has 0 atom stereocenters. The summed E-state index contributed by atoms with van der Waals surface area (Å²) in [5.74, 6) is 0.746. The molecular weight excluding hydrogens is 486 g/mol. The molecule has 1 aliphatic rings. The molecule has 0 N–H and O–H groups in total. The number of aromatic nitrogens is 2. The molecule has 0 bridgehead atoms. The second-order valence-electron chi connectivity index (χ2n) is 8.24. The Morgan fingerprint density at radius 3 is 2.36 bits per heavy atom. The number of nitrogens with zero attached hydrogens (tertiary/aromatic N) is 3. The zero-order valence-electron chi connectivity index (χ0n) is 19.8. The zero-order chi connectivity index (χ0) is 24.9. The third-order valence-corrected chi connectivity index (χ3v) is 7.21. The highest BCUT2D eigenvalue weighted by Crippen LogP contribution is 2.35. The van der Waals surface area contributed by atoms with Crippen LogP contribution in [0.5, 0.6) is 5.75 Å². The number of hydrogen-bond donors (Lipinski definition) is 0. The van der Waals surface area contributed by atoms with Crippen LogP contribution < -0.4 is 4.74 Å². The summed E-state index contributed by atoms with van der Waals surface area (Å²) >= 11 is 6.91. The van der Waals surface area contributed by atoms with Gasteiger partial charge in [-0.3, -0.25) is 9.69 Å². The van der Waals surface area contributed by atoms with Gasteiger partial charge in [-0.2, -0.15) is 5.10 Å². The largest absolute Gasteiger partial charge is 0.494 e. The van der Waals surface area contributed by atoms with E-state index < -0.39 is 0 Å². The average molecular weight is 512 g/mol. The van der Waals surface area contributed by atoms with E-state index in [0.29, 0.717) is 22.4 Å². The zero-order valence-corrected chi connectivity index (χ0v) is 21.5. The minimum Gasteiger partial charge on any atom is -0.494 e. The number of rotatable bonds is 8. The van der Waals surface area contributed by atoms with Gasteiger partial charge in [0.05, 0.1) is 22.9 Å². The average Bonchev–Trinajstić information content (AvgIpc) is 3.45. The van der Waals surface area contributed by atoms with Gasteiger partial charge in [0.1, 0.15) is 10.1 Å². The van der Waals surface area contributed by atoms with Gasteiger partial charge in [-0.05, 0) is 61.4 Å².